The molecule has 1 heterocycles. The summed E-state index contributed by atoms with van der Waals surface area (Å²) in [5.41, 5.74) is 4.58. The molecule has 122 valence electrons. The van der Waals surface area contributed by atoms with E-state index in [0.717, 1.165) is 28.1 Å². The van der Waals surface area contributed by atoms with Gasteiger partial charge < -0.3 is 9.73 Å². The van der Waals surface area contributed by atoms with Gasteiger partial charge in [-0.05, 0) is 53.6 Å². The number of rotatable bonds is 4. The molecule has 0 unspecified atom stereocenters. The van der Waals surface area contributed by atoms with Crippen LogP contribution in [-0.4, -0.2) is 12.1 Å². The van der Waals surface area contributed by atoms with Crippen LogP contribution >= 0.6 is 0 Å². The first-order valence-corrected chi connectivity index (χ1v) is 7.99. The third-order valence-electron chi connectivity index (χ3n) is 4.21. The highest BCUT2D eigenvalue weighted by Crippen LogP contribution is 2.36. The number of hydrogen-bond donors (Lipinski definition) is 1. The maximum atomic E-state index is 11.9. The number of allylic oxidation sites excluding steroid dienone is 1. The van der Waals surface area contributed by atoms with Crippen LogP contribution in [0.4, 0.5) is 11.4 Å². The Labute approximate surface area is 144 Å². The van der Waals surface area contributed by atoms with Gasteiger partial charge in [0, 0.05) is 23.4 Å². The van der Waals surface area contributed by atoms with Gasteiger partial charge in [-0.3, -0.25) is 9.59 Å². The van der Waals surface area contributed by atoms with Crippen molar-refractivity contribution in [3.8, 4) is 11.3 Å². The largest absolute Gasteiger partial charge is 0.453 e. The fraction of sp³-hybridized carbons (Fsp3) is 0.0476. The highest BCUT2D eigenvalue weighted by Gasteiger charge is 2.20. The van der Waals surface area contributed by atoms with E-state index in [0.29, 0.717) is 18.5 Å². The lowest BCUT2D eigenvalue weighted by Crippen LogP contribution is -2.09. The van der Waals surface area contributed by atoms with Crippen molar-refractivity contribution in [2.45, 2.75) is 6.42 Å². The molecule has 0 radical (unpaired) electrons. The lowest BCUT2D eigenvalue weighted by molar-refractivity contribution is -0.114. The average Bonchev–Trinajstić information content (AvgIpc) is 3.12. The number of benzene rings is 2. The van der Waals surface area contributed by atoms with Crippen LogP contribution in [-0.2, 0) is 11.2 Å². The molecule has 1 aliphatic rings. The summed E-state index contributed by atoms with van der Waals surface area (Å²) >= 11 is 0. The summed E-state index contributed by atoms with van der Waals surface area (Å²) in [7, 11) is 0. The molecule has 0 atom stereocenters. The summed E-state index contributed by atoms with van der Waals surface area (Å²) in [4.78, 5) is 22.8. The minimum Gasteiger partial charge on any atom is -0.453 e. The molecule has 1 aromatic heterocycles. The van der Waals surface area contributed by atoms with Gasteiger partial charge in [0.25, 0.3) is 0 Å². The first kappa shape index (κ1) is 15.1. The quantitative estimate of drug-likeness (QED) is 0.708. The zero-order chi connectivity index (χ0) is 17.2. The summed E-state index contributed by atoms with van der Waals surface area (Å²) in [6, 6.07) is 17.1. The summed E-state index contributed by atoms with van der Waals surface area (Å²) in [6.07, 6.45) is 4.41. The molecule has 4 heteroatoms. The number of nitrogens with one attached hydrogen (secondary N) is 1. The van der Waals surface area contributed by atoms with E-state index in [4.69, 9.17) is 4.42 Å². The summed E-state index contributed by atoms with van der Waals surface area (Å²) in [5, 5.41) is 3.37. The molecule has 4 rings (SSSR count). The second kappa shape index (κ2) is 6.24. The zero-order valence-corrected chi connectivity index (χ0v) is 13.4. The Balaban J connectivity index is 1.82. The molecule has 0 fully saturated rings. The first-order valence-electron chi connectivity index (χ1n) is 7.99. The molecule has 0 saturated carbocycles. The maximum Gasteiger partial charge on any atom is 0.185 e. The highest BCUT2D eigenvalue weighted by molar-refractivity contribution is 6.02. The molecule has 0 aliphatic heterocycles. The normalized spacial score (nSPS) is 12.7. The Bertz CT molecular complexity index is 984. The Morgan fingerprint density at radius 2 is 1.80 bits per heavy atom. The molecule has 4 nitrogen and oxygen atoms in total. The van der Waals surface area contributed by atoms with Crippen molar-refractivity contribution in [3.63, 3.8) is 0 Å². The SMILES string of the molecule is O=Cc1ccc(-c2ccc(Nc3ccccc3)c3c2C=CC(=O)C3)o1. The van der Waals surface area contributed by atoms with Crippen molar-refractivity contribution in [1.29, 1.82) is 0 Å². The standard InChI is InChI=1S/C21H15NO3/c23-13-16-7-11-21(25-16)18-9-10-20(22-14-4-2-1-3-5-14)19-12-15(24)6-8-17(18)19/h1-11,13,22H,12H2. The first-order chi connectivity index (χ1) is 12.2. The summed E-state index contributed by atoms with van der Waals surface area (Å²) < 4.78 is 5.56. The van der Waals surface area contributed by atoms with E-state index < -0.39 is 0 Å². The maximum absolute atomic E-state index is 11.9. The molecule has 0 bridgehead atoms. The molecular weight excluding hydrogens is 314 g/mol. The predicted molar refractivity (Wildman–Crippen MR) is 97.0 cm³/mol. The predicted octanol–water partition coefficient (Wildman–Crippen LogP) is 4.64. The van der Waals surface area contributed by atoms with E-state index in [-0.39, 0.29) is 11.5 Å². The van der Waals surface area contributed by atoms with Crippen molar-refractivity contribution in [1.82, 2.24) is 0 Å². The van der Waals surface area contributed by atoms with Crippen LogP contribution in [0.25, 0.3) is 17.4 Å². The minimum atomic E-state index is 0.0637. The third kappa shape index (κ3) is 2.90. The number of carbonyl (C=O) groups excluding carboxylic acids is 2. The number of carbonyl (C=O) groups is 2. The van der Waals surface area contributed by atoms with E-state index in [1.165, 1.54) is 0 Å². The fourth-order valence-electron chi connectivity index (χ4n) is 3.02. The van der Waals surface area contributed by atoms with Crippen LogP contribution in [0, 0.1) is 0 Å². The molecule has 1 aliphatic carbocycles. The number of hydrogen-bond acceptors (Lipinski definition) is 4. The number of anilines is 2. The number of furan rings is 1. The topological polar surface area (TPSA) is 59.3 Å². The number of aldehydes is 1. The number of fused-ring (bicyclic) bond motifs is 1. The highest BCUT2D eigenvalue weighted by atomic mass is 16.3. The molecule has 0 saturated heterocycles. The molecule has 0 spiro atoms. The van der Waals surface area contributed by atoms with Crippen LogP contribution < -0.4 is 5.32 Å². The fourth-order valence-corrected chi connectivity index (χ4v) is 3.02. The Morgan fingerprint density at radius 1 is 0.960 bits per heavy atom. The van der Waals surface area contributed by atoms with Crippen LogP contribution in [0.1, 0.15) is 21.7 Å². The second-order valence-corrected chi connectivity index (χ2v) is 5.84. The monoisotopic (exact) mass is 329 g/mol. The van der Waals surface area contributed by atoms with Gasteiger partial charge in [-0.25, -0.2) is 0 Å². The van der Waals surface area contributed by atoms with Crippen molar-refractivity contribution in [2.24, 2.45) is 0 Å². The van der Waals surface area contributed by atoms with E-state index >= 15 is 0 Å². The van der Waals surface area contributed by atoms with Crippen molar-refractivity contribution < 1.29 is 14.0 Å². The van der Waals surface area contributed by atoms with Gasteiger partial charge in [-0.2, -0.15) is 0 Å². The smallest absolute Gasteiger partial charge is 0.185 e. The van der Waals surface area contributed by atoms with Gasteiger partial charge in [0.05, 0.1) is 0 Å². The average molecular weight is 329 g/mol. The van der Waals surface area contributed by atoms with Gasteiger partial charge in [0.15, 0.2) is 17.8 Å². The molecule has 25 heavy (non-hydrogen) atoms. The van der Waals surface area contributed by atoms with Gasteiger partial charge in [0.1, 0.15) is 5.76 Å². The Hall–Kier alpha value is -3.40. The number of para-hydroxylation sites is 1. The molecule has 2 aromatic carbocycles. The summed E-state index contributed by atoms with van der Waals surface area (Å²) in [5.74, 6) is 0.962. The van der Waals surface area contributed by atoms with E-state index in [9.17, 15) is 9.59 Å². The van der Waals surface area contributed by atoms with Crippen molar-refractivity contribution in [3.05, 3.63) is 77.6 Å². The van der Waals surface area contributed by atoms with Crippen molar-refractivity contribution in [2.75, 3.05) is 5.32 Å². The van der Waals surface area contributed by atoms with Gasteiger partial charge in [-0.15, -0.1) is 0 Å². The third-order valence-corrected chi connectivity index (χ3v) is 4.21. The zero-order valence-electron chi connectivity index (χ0n) is 13.4. The second-order valence-electron chi connectivity index (χ2n) is 5.84. The van der Waals surface area contributed by atoms with E-state index in [2.05, 4.69) is 5.32 Å². The van der Waals surface area contributed by atoms with Crippen LogP contribution in [0.15, 0.2) is 65.1 Å². The van der Waals surface area contributed by atoms with E-state index in [1.54, 1.807) is 18.2 Å². The summed E-state index contributed by atoms with van der Waals surface area (Å²) in [6.45, 7) is 0. The van der Waals surface area contributed by atoms with Crippen LogP contribution in [0.2, 0.25) is 0 Å². The molecule has 3 aromatic rings. The molecular formula is C21H15NO3. The van der Waals surface area contributed by atoms with Gasteiger partial charge in [-0.1, -0.05) is 24.3 Å². The molecule has 0 amide bonds. The minimum absolute atomic E-state index is 0.0637. The van der Waals surface area contributed by atoms with Crippen molar-refractivity contribution >= 4 is 29.5 Å². The Morgan fingerprint density at radius 3 is 2.56 bits per heavy atom. The lowest BCUT2D eigenvalue weighted by Gasteiger charge is -2.19. The lowest BCUT2D eigenvalue weighted by atomic mass is 9.90. The Kier molecular flexibility index (Phi) is 3.78. The van der Waals surface area contributed by atoms with Gasteiger partial charge in [0.2, 0.25) is 0 Å². The number of ketones is 1. The molecule has 1 N–H and O–H groups in total. The van der Waals surface area contributed by atoms with Crippen LogP contribution in [0.5, 0.6) is 0 Å². The van der Waals surface area contributed by atoms with Crippen LogP contribution in [0.3, 0.4) is 0 Å². The van der Waals surface area contributed by atoms with E-state index in [1.807, 2.05) is 48.5 Å². The van der Waals surface area contributed by atoms with Gasteiger partial charge >= 0.3 is 0 Å².